The third kappa shape index (κ3) is 10.9. The third-order valence-electron chi connectivity index (χ3n) is 7.67. The molecule has 0 amide bonds. The molecule has 0 unspecified atom stereocenters. The lowest BCUT2D eigenvalue weighted by molar-refractivity contribution is 0.100. The van der Waals surface area contributed by atoms with E-state index in [2.05, 4.69) is 79.7 Å². The smallest absolute Gasteiger partial charge is 0.166 e. The Bertz CT molecular complexity index is 1830. The molecule has 0 spiro atoms. The zero-order chi connectivity index (χ0) is 36.3. The molecule has 0 bridgehead atoms. The first-order valence-corrected chi connectivity index (χ1v) is 20.0. The van der Waals surface area contributed by atoms with Crippen LogP contribution in [-0.4, -0.2) is 17.3 Å². The second-order valence-electron chi connectivity index (χ2n) is 11.3. The molecule has 0 saturated heterocycles. The number of carbonyl (C=O) groups is 3. The first-order chi connectivity index (χ1) is 24.7. The second kappa shape index (κ2) is 19.5. The molecular weight excluding hydrogens is 717 g/mol. The van der Waals surface area contributed by atoms with Crippen molar-refractivity contribution in [2.75, 3.05) is 0 Å². The Morgan fingerprint density at radius 2 is 0.538 bits per heavy atom. The van der Waals surface area contributed by atoms with Gasteiger partial charge in [0.15, 0.2) is 32.0 Å². The Morgan fingerprint density at radius 1 is 0.365 bits per heavy atom. The summed E-state index contributed by atoms with van der Waals surface area (Å²) >= 11 is 5.04. The minimum atomic E-state index is -0.344. The topological polar surface area (TPSA) is 51.2 Å². The van der Waals surface area contributed by atoms with Crippen LogP contribution in [0.1, 0.15) is 66.2 Å². The Labute approximate surface area is 324 Å². The molecule has 0 aliphatic heterocycles. The quantitative estimate of drug-likeness (QED) is 0.0704. The van der Waals surface area contributed by atoms with Gasteiger partial charge in [0.2, 0.25) is 0 Å². The first kappa shape index (κ1) is 40.5. The van der Waals surface area contributed by atoms with Gasteiger partial charge in [0.25, 0.3) is 0 Å². The largest absolute Gasteiger partial charge is 0.346 e. The SMILES string of the molecule is C.CC(=O)c1ccc(Sc2ccc([S+](c3ccc(Sc4ccc(C(C)=O)cc4)cc3)c3ccc(Sc4ccc(C(C)=O)cc4)cc3)cc2)cc1.[CH2-]C. The average molecular weight is 759 g/mol. The van der Waals surface area contributed by atoms with E-state index in [0.29, 0.717) is 16.7 Å². The van der Waals surface area contributed by atoms with Crippen molar-refractivity contribution in [2.45, 2.75) is 79.2 Å². The van der Waals surface area contributed by atoms with Crippen molar-refractivity contribution in [1.29, 1.82) is 0 Å². The van der Waals surface area contributed by atoms with E-state index in [9.17, 15) is 14.4 Å². The molecule has 0 saturated carbocycles. The van der Waals surface area contributed by atoms with E-state index in [0.717, 1.165) is 29.4 Å². The molecule has 0 aromatic heterocycles. The maximum atomic E-state index is 11.7. The van der Waals surface area contributed by atoms with Crippen LogP contribution in [0.4, 0.5) is 0 Å². The molecule has 3 nitrogen and oxygen atoms in total. The summed E-state index contributed by atoms with van der Waals surface area (Å²) in [5.41, 5.74) is 2.15. The molecule has 0 radical (unpaired) electrons. The van der Waals surface area contributed by atoms with Crippen molar-refractivity contribution in [3.8, 4) is 0 Å². The monoisotopic (exact) mass is 758 g/mol. The van der Waals surface area contributed by atoms with E-state index in [-0.39, 0.29) is 35.7 Å². The van der Waals surface area contributed by atoms with Gasteiger partial charge in [-0.05, 0) is 130 Å². The van der Waals surface area contributed by atoms with Crippen LogP contribution in [0.5, 0.6) is 0 Å². The fourth-order valence-electron chi connectivity index (χ4n) is 5.02. The molecule has 7 heteroatoms. The van der Waals surface area contributed by atoms with Crippen molar-refractivity contribution < 1.29 is 14.4 Å². The number of Topliss-reactive ketones (excluding diaryl/α,β-unsaturated/α-hetero) is 3. The summed E-state index contributed by atoms with van der Waals surface area (Å²) in [6.07, 6.45) is 0. The maximum absolute atomic E-state index is 11.7. The predicted octanol–water partition coefficient (Wildman–Crippen LogP) is 13.3. The molecule has 0 atom stereocenters. The number of benzene rings is 6. The zero-order valence-corrected chi connectivity index (χ0v) is 32.2. The molecule has 0 aliphatic carbocycles. The minimum Gasteiger partial charge on any atom is -0.346 e. The molecule has 52 heavy (non-hydrogen) atoms. The summed E-state index contributed by atoms with van der Waals surface area (Å²) in [7, 11) is -0.344. The Kier molecular flexibility index (Phi) is 15.2. The van der Waals surface area contributed by atoms with Crippen LogP contribution >= 0.6 is 35.3 Å². The summed E-state index contributed by atoms with van der Waals surface area (Å²) in [5, 5.41) is 0. The summed E-state index contributed by atoms with van der Waals surface area (Å²) in [6.45, 7) is 9.75. The van der Waals surface area contributed by atoms with Gasteiger partial charge in [-0.1, -0.05) is 79.1 Å². The van der Waals surface area contributed by atoms with E-state index in [1.807, 2.05) is 72.8 Å². The molecule has 0 heterocycles. The second-order valence-corrected chi connectivity index (χ2v) is 16.7. The van der Waals surface area contributed by atoms with Crippen molar-refractivity contribution in [2.24, 2.45) is 0 Å². The van der Waals surface area contributed by atoms with Gasteiger partial charge in [0, 0.05) is 46.1 Å². The van der Waals surface area contributed by atoms with Crippen LogP contribution < -0.4 is 0 Å². The van der Waals surface area contributed by atoms with Crippen molar-refractivity contribution in [3.05, 3.63) is 169 Å². The molecule has 6 aromatic carbocycles. The molecule has 0 fully saturated rings. The highest BCUT2D eigenvalue weighted by Crippen LogP contribution is 2.37. The number of carbonyl (C=O) groups excluding carboxylic acids is 3. The molecular formula is C45H42O3S4. The van der Waals surface area contributed by atoms with Gasteiger partial charge in [-0.3, -0.25) is 14.4 Å². The molecule has 0 N–H and O–H groups in total. The summed E-state index contributed by atoms with van der Waals surface area (Å²) in [6, 6.07) is 49.5. The van der Waals surface area contributed by atoms with Crippen LogP contribution in [0.15, 0.2) is 190 Å². The number of hydrogen-bond donors (Lipinski definition) is 0. The Morgan fingerprint density at radius 3 is 0.712 bits per heavy atom. The van der Waals surface area contributed by atoms with Gasteiger partial charge in [0.05, 0.1) is 10.9 Å². The highest BCUT2D eigenvalue weighted by Gasteiger charge is 2.29. The lowest BCUT2D eigenvalue weighted by Crippen LogP contribution is -2.04. The van der Waals surface area contributed by atoms with Gasteiger partial charge in [-0.15, -0.1) is 0 Å². The van der Waals surface area contributed by atoms with Gasteiger partial charge in [-0.2, -0.15) is 6.92 Å². The lowest BCUT2D eigenvalue weighted by atomic mass is 10.2. The molecule has 6 rings (SSSR count). The average Bonchev–Trinajstić information content (AvgIpc) is 3.15. The van der Waals surface area contributed by atoms with Gasteiger partial charge in [-0.25, -0.2) is 0 Å². The van der Waals surface area contributed by atoms with Crippen molar-refractivity contribution in [1.82, 2.24) is 0 Å². The van der Waals surface area contributed by atoms with Crippen LogP contribution in [0.3, 0.4) is 0 Å². The number of hydrogen-bond acceptors (Lipinski definition) is 6. The number of rotatable bonds is 12. The highest BCUT2D eigenvalue weighted by atomic mass is 32.2. The van der Waals surface area contributed by atoms with E-state index >= 15 is 0 Å². The summed E-state index contributed by atoms with van der Waals surface area (Å²) < 4.78 is 0. The van der Waals surface area contributed by atoms with Crippen LogP contribution in [0.2, 0.25) is 0 Å². The van der Waals surface area contributed by atoms with Crippen LogP contribution in [0.25, 0.3) is 0 Å². The fraction of sp³-hybridized carbons (Fsp3) is 0.111. The van der Waals surface area contributed by atoms with Crippen molar-refractivity contribution >= 4 is 63.5 Å². The summed E-state index contributed by atoms with van der Waals surface area (Å²) in [5.74, 6) is 0.202. The standard InChI is InChI=1S/C42H33O3S4.C2H5.CH4/c1-28(43)31-4-10-34(11-5-31)46-37-16-22-40(23-17-37)49(41-24-18-38(19-25-41)47-35-12-6-32(7-13-35)29(2)44)42-26-20-39(21-27-42)48-36-14-8-33(9-15-36)30(3)45;1-2;/h4-27H,1-3H3;1H2,2H3;1H4/q+1;-1;. The van der Waals surface area contributed by atoms with E-state index < -0.39 is 0 Å². The summed E-state index contributed by atoms with van der Waals surface area (Å²) in [4.78, 5) is 45.4. The van der Waals surface area contributed by atoms with E-state index in [1.165, 1.54) is 14.7 Å². The predicted molar refractivity (Wildman–Crippen MR) is 221 cm³/mol. The maximum Gasteiger partial charge on any atom is 0.166 e. The fourth-order valence-corrected chi connectivity index (χ4v) is 9.51. The molecule has 264 valence electrons. The van der Waals surface area contributed by atoms with Crippen LogP contribution in [-0.2, 0) is 10.9 Å². The van der Waals surface area contributed by atoms with E-state index in [4.69, 9.17) is 0 Å². The Balaban J connectivity index is 0.00000198. The minimum absolute atomic E-state index is 0. The number of ketones is 3. The van der Waals surface area contributed by atoms with E-state index in [1.54, 1.807) is 63.0 Å². The third-order valence-corrected chi connectivity index (χ3v) is 12.9. The highest BCUT2D eigenvalue weighted by molar-refractivity contribution is 8.00. The van der Waals surface area contributed by atoms with Crippen LogP contribution in [0, 0.1) is 6.92 Å². The Hall–Kier alpha value is -4.27. The first-order valence-electron chi connectivity index (χ1n) is 16.3. The lowest BCUT2D eigenvalue weighted by Gasteiger charge is -2.11. The normalized spacial score (nSPS) is 10.5. The molecule has 0 aliphatic rings. The van der Waals surface area contributed by atoms with Crippen molar-refractivity contribution in [3.63, 3.8) is 0 Å². The van der Waals surface area contributed by atoms with Gasteiger partial charge < -0.3 is 6.92 Å². The van der Waals surface area contributed by atoms with Gasteiger partial charge >= 0.3 is 0 Å². The molecule has 6 aromatic rings. The zero-order valence-electron chi connectivity index (χ0n) is 28.9. The van der Waals surface area contributed by atoms with Gasteiger partial charge in [0.1, 0.15) is 0 Å².